The van der Waals surface area contributed by atoms with Crippen molar-refractivity contribution in [2.24, 2.45) is 0 Å². The van der Waals surface area contributed by atoms with E-state index in [4.69, 9.17) is 4.74 Å². The minimum absolute atomic E-state index is 0.0558. The van der Waals surface area contributed by atoms with Crippen molar-refractivity contribution in [2.45, 2.75) is 42.8 Å². The van der Waals surface area contributed by atoms with E-state index in [1.165, 1.54) is 12.1 Å². The second-order valence-corrected chi connectivity index (χ2v) is 8.37. The minimum Gasteiger partial charge on any atom is -0.496 e. The van der Waals surface area contributed by atoms with E-state index in [0.29, 0.717) is 19.3 Å². The number of rotatable bonds is 9. The first-order valence-electron chi connectivity index (χ1n) is 8.51. The topological polar surface area (TPSA) is 80.7 Å². The van der Waals surface area contributed by atoms with Crippen LogP contribution in [-0.4, -0.2) is 31.9 Å². The Morgan fingerprint density at radius 2 is 1.73 bits per heavy atom. The van der Waals surface area contributed by atoms with E-state index in [9.17, 15) is 18.3 Å². The number of hydrogen-bond donors (Lipinski definition) is 1. The van der Waals surface area contributed by atoms with Gasteiger partial charge in [-0.2, -0.15) is 0 Å². The van der Waals surface area contributed by atoms with Gasteiger partial charge in [0.05, 0.1) is 12.0 Å². The van der Waals surface area contributed by atoms with Crippen LogP contribution in [0.2, 0.25) is 0 Å². The Balaban J connectivity index is 2.02. The molecule has 6 heteroatoms. The fourth-order valence-electron chi connectivity index (χ4n) is 2.86. The quantitative estimate of drug-likeness (QED) is 0.676. The smallest absolute Gasteiger partial charge is 0.322 e. The lowest BCUT2D eigenvalue weighted by atomic mass is 10.1. The number of methoxy groups -OCH3 is 1. The molecule has 0 saturated carbocycles. The number of aliphatic carboxylic acids is 1. The van der Waals surface area contributed by atoms with E-state index in [-0.39, 0.29) is 11.3 Å². The lowest BCUT2D eigenvalue weighted by Crippen LogP contribution is -2.30. The van der Waals surface area contributed by atoms with Crippen LogP contribution in [0.5, 0.6) is 5.75 Å². The third kappa shape index (κ3) is 4.85. The summed E-state index contributed by atoms with van der Waals surface area (Å²) in [6.07, 6.45) is 1.98. The molecule has 0 aliphatic carbocycles. The molecule has 0 fully saturated rings. The van der Waals surface area contributed by atoms with E-state index in [0.717, 1.165) is 16.9 Å². The molecule has 1 unspecified atom stereocenters. The normalized spacial score (nSPS) is 12.5. The summed E-state index contributed by atoms with van der Waals surface area (Å²) in [5.74, 6) is -0.516. The molecule has 0 amide bonds. The average molecular weight is 376 g/mol. The molecule has 26 heavy (non-hydrogen) atoms. The van der Waals surface area contributed by atoms with Crippen LogP contribution in [-0.2, 0) is 21.1 Å². The SMILES string of the molecule is COc1ccccc1CCCCC(C(=O)O)S(=O)(=O)c1ccc(C)cc1. The maximum Gasteiger partial charge on any atom is 0.322 e. The first kappa shape index (κ1) is 20.0. The molecule has 0 aromatic heterocycles. The van der Waals surface area contributed by atoms with Crippen molar-refractivity contribution in [3.05, 3.63) is 59.7 Å². The van der Waals surface area contributed by atoms with Crippen LogP contribution in [0.15, 0.2) is 53.4 Å². The van der Waals surface area contributed by atoms with Gasteiger partial charge >= 0.3 is 5.97 Å². The van der Waals surface area contributed by atoms with Crippen molar-refractivity contribution in [3.8, 4) is 5.75 Å². The van der Waals surface area contributed by atoms with Crippen molar-refractivity contribution in [2.75, 3.05) is 7.11 Å². The van der Waals surface area contributed by atoms with Crippen molar-refractivity contribution in [1.29, 1.82) is 0 Å². The van der Waals surface area contributed by atoms with Crippen LogP contribution in [0.3, 0.4) is 0 Å². The number of carboxylic acids is 1. The summed E-state index contributed by atoms with van der Waals surface area (Å²) in [6, 6.07) is 13.9. The van der Waals surface area contributed by atoms with Gasteiger partial charge in [-0.05, 0) is 49.9 Å². The number of ether oxygens (including phenoxy) is 1. The standard InChI is InChI=1S/C20H24O5S/c1-15-11-13-17(14-12-15)26(23,24)19(20(21)22)10-6-4-8-16-7-3-5-9-18(16)25-2/h3,5,7,9,11-14,19H,4,6,8,10H2,1-2H3,(H,21,22). The molecule has 140 valence electrons. The highest BCUT2D eigenvalue weighted by atomic mass is 32.2. The molecular formula is C20H24O5S. The van der Waals surface area contributed by atoms with Gasteiger partial charge in [-0.3, -0.25) is 4.79 Å². The monoisotopic (exact) mass is 376 g/mol. The average Bonchev–Trinajstić information content (AvgIpc) is 2.61. The number of aryl methyl sites for hydroxylation is 2. The van der Waals surface area contributed by atoms with E-state index in [1.54, 1.807) is 19.2 Å². The Kier molecular flexibility index (Phi) is 6.80. The van der Waals surface area contributed by atoms with Crippen molar-refractivity contribution < 1.29 is 23.1 Å². The molecule has 2 rings (SSSR count). The third-order valence-corrected chi connectivity index (χ3v) is 6.47. The molecule has 0 aliphatic rings. The Morgan fingerprint density at radius 3 is 2.35 bits per heavy atom. The molecule has 1 N–H and O–H groups in total. The van der Waals surface area contributed by atoms with E-state index >= 15 is 0 Å². The predicted octanol–water partition coefficient (Wildman–Crippen LogP) is 3.64. The molecule has 0 bridgehead atoms. The summed E-state index contributed by atoms with van der Waals surface area (Å²) in [7, 11) is -2.29. The summed E-state index contributed by atoms with van der Waals surface area (Å²) >= 11 is 0. The summed E-state index contributed by atoms with van der Waals surface area (Å²) in [5, 5.41) is 8.00. The molecule has 5 nitrogen and oxygen atoms in total. The number of unbranched alkanes of at least 4 members (excludes halogenated alkanes) is 1. The molecule has 0 saturated heterocycles. The van der Waals surface area contributed by atoms with Gasteiger partial charge < -0.3 is 9.84 Å². The third-order valence-electron chi connectivity index (χ3n) is 4.35. The van der Waals surface area contributed by atoms with Crippen LogP contribution >= 0.6 is 0 Å². The Morgan fingerprint density at radius 1 is 1.08 bits per heavy atom. The fraction of sp³-hybridized carbons (Fsp3) is 0.350. The summed E-state index contributed by atoms with van der Waals surface area (Å²) in [5.41, 5.74) is 1.95. The molecule has 0 aliphatic heterocycles. The number of carboxylic acid groups (broad SMARTS) is 1. The van der Waals surface area contributed by atoms with Crippen LogP contribution < -0.4 is 4.74 Å². The van der Waals surface area contributed by atoms with E-state index in [2.05, 4.69) is 0 Å². The summed E-state index contributed by atoms with van der Waals surface area (Å²) < 4.78 is 30.6. The van der Waals surface area contributed by atoms with Crippen LogP contribution in [0.4, 0.5) is 0 Å². The van der Waals surface area contributed by atoms with Crippen LogP contribution in [0, 0.1) is 6.92 Å². The van der Waals surface area contributed by atoms with Gasteiger partial charge in [0.15, 0.2) is 15.1 Å². The number of sulfone groups is 1. The van der Waals surface area contributed by atoms with Gasteiger partial charge in [0.1, 0.15) is 5.75 Å². The zero-order chi connectivity index (χ0) is 19.2. The molecule has 0 radical (unpaired) electrons. The number of hydrogen-bond acceptors (Lipinski definition) is 4. The first-order valence-corrected chi connectivity index (χ1v) is 10.1. The van der Waals surface area contributed by atoms with Crippen molar-refractivity contribution in [1.82, 2.24) is 0 Å². The highest BCUT2D eigenvalue weighted by Gasteiger charge is 2.33. The molecule has 0 heterocycles. The van der Waals surface area contributed by atoms with Gasteiger partial charge in [0.25, 0.3) is 0 Å². The maximum atomic E-state index is 12.6. The van der Waals surface area contributed by atoms with Crippen molar-refractivity contribution in [3.63, 3.8) is 0 Å². The number of para-hydroxylation sites is 1. The molecular weight excluding hydrogens is 352 g/mol. The molecule has 2 aromatic rings. The maximum absolute atomic E-state index is 12.6. The van der Waals surface area contributed by atoms with Crippen LogP contribution in [0.1, 0.15) is 30.4 Å². The van der Waals surface area contributed by atoms with Crippen molar-refractivity contribution >= 4 is 15.8 Å². The highest BCUT2D eigenvalue weighted by Crippen LogP contribution is 2.23. The van der Waals surface area contributed by atoms with Gasteiger partial charge in [0.2, 0.25) is 0 Å². The Bertz CT molecular complexity index is 841. The van der Waals surface area contributed by atoms with Crippen LogP contribution in [0.25, 0.3) is 0 Å². The number of benzene rings is 2. The number of carbonyl (C=O) groups is 1. The molecule has 2 aromatic carbocycles. The Hall–Kier alpha value is -2.34. The predicted molar refractivity (Wildman–Crippen MR) is 100 cm³/mol. The van der Waals surface area contributed by atoms with Gasteiger partial charge in [-0.15, -0.1) is 0 Å². The lowest BCUT2D eigenvalue weighted by molar-refractivity contribution is -0.136. The fourth-order valence-corrected chi connectivity index (χ4v) is 4.44. The van der Waals surface area contributed by atoms with Gasteiger partial charge in [-0.1, -0.05) is 42.3 Å². The van der Waals surface area contributed by atoms with Gasteiger partial charge in [0, 0.05) is 0 Å². The zero-order valence-electron chi connectivity index (χ0n) is 15.0. The second kappa shape index (κ2) is 8.85. The highest BCUT2D eigenvalue weighted by molar-refractivity contribution is 7.92. The zero-order valence-corrected chi connectivity index (χ0v) is 15.8. The first-order chi connectivity index (χ1) is 12.4. The van der Waals surface area contributed by atoms with E-state index in [1.807, 2.05) is 31.2 Å². The minimum atomic E-state index is -3.90. The molecule has 0 spiro atoms. The largest absolute Gasteiger partial charge is 0.496 e. The second-order valence-electron chi connectivity index (χ2n) is 6.24. The summed E-state index contributed by atoms with van der Waals surface area (Å²) in [6.45, 7) is 1.85. The van der Waals surface area contributed by atoms with Gasteiger partial charge in [-0.25, -0.2) is 8.42 Å². The Labute approximate surface area is 154 Å². The molecule has 1 atom stereocenters. The van der Waals surface area contributed by atoms with E-state index < -0.39 is 21.1 Å². The summed E-state index contributed by atoms with van der Waals surface area (Å²) in [4.78, 5) is 11.6. The lowest BCUT2D eigenvalue weighted by Gasteiger charge is -2.14.